The Morgan fingerprint density at radius 1 is 0.375 bits per heavy atom. The average Bonchev–Trinajstić information content (AvgIpc) is 0.798. The van der Waals surface area contributed by atoms with Crippen molar-refractivity contribution in [2.24, 2.45) is 0 Å². The maximum Gasteiger partial charge on any atom is 0.220 e. The lowest BCUT2D eigenvalue weighted by molar-refractivity contribution is -0.379. The fourth-order valence-electron chi connectivity index (χ4n) is 13.1. The van der Waals surface area contributed by atoms with Crippen LogP contribution in [0.1, 0.15) is 303 Å². The smallest absolute Gasteiger partial charge is 0.220 e. The molecule has 3 aliphatic rings. The summed E-state index contributed by atoms with van der Waals surface area (Å²) >= 11 is 0. The summed E-state index contributed by atoms with van der Waals surface area (Å²) in [4.78, 5) is 13.4. The Balaban J connectivity index is 1.38. The van der Waals surface area contributed by atoms with Crippen LogP contribution in [-0.4, -0.2) is 193 Å². The molecule has 0 aromatic carbocycles. The molecule has 0 aromatic rings. The molecular weight excluding hydrogens is 1230 g/mol. The molecule has 0 saturated carbocycles. The van der Waals surface area contributed by atoms with Gasteiger partial charge in [0.15, 0.2) is 18.9 Å². The minimum absolute atomic E-state index is 0.228. The quantitative estimate of drug-likeness (QED) is 0.0199. The van der Waals surface area contributed by atoms with Crippen LogP contribution >= 0.6 is 0 Å². The van der Waals surface area contributed by atoms with Crippen LogP contribution in [0.4, 0.5) is 0 Å². The van der Waals surface area contributed by atoms with Crippen LogP contribution in [0.3, 0.4) is 0 Å². The van der Waals surface area contributed by atoms with Gasteiger partial charge in [0.25, 0.3) is 0 Å². The molecule has 3 heterocycles. The summed E-state index contributed by atoms with van der Waals surface area (Å²) in [6.45, 7) is 1.73. The normalized spacial score (nSPS) is 27.3. The highest BCUT2D eigenvalue weighted by Gasteiger charge is 2.53. The molecule has 3 aliphatic heterocycles. The van der Waals surface area contributed by atoms with E-state index < -0.39 is 124 Å². The summed E-state index contributed by atoms with van der Waals surface area (Å²) < 4.78 is 34.4. The van der Waals surface area contributed by atoms with Crippen LogP contribution in [0, 0.1) is 0 Å². The topological polar surface area (TPSA) is 307 Å². The molecule has 96 heavy (non-hydrogen) atoms. The van der Waals surface area contributed by atoms with Crippen LogP contribution in [0.5, 0.6) is 0 Å². The third kappa shape index (κ3) is 38.7. The van der Waals surface area contributed by atoms with Crippen molar-refractivity contribution in [3.8, 4) is 0 Å². The second-order valence-corrected chi connectivity index (χ2v) is 27.8. The Morgan fingerprint density at radius 2 is 0.688 bits per heavy atom. The lowest BCUT2D eigenvalue weighted by Gasteiger charge is -2.48. The molecular formula is C77H141NO18. The molecule has 0 spiro atoms. The molecule has 0 aromatic heterocycles. The Kier molecular flexibility index (Phi) is 53.4. The van der Waals surface area contributed by atoms with Gasteiger partial charge in [-0.1, -0.05) is 287 Å². The van der Waals surface area contributed by atoms with E-state index in [2.05, 4.69) is 55.6 Å². The zero-order valence-corrected chi connectivity index (χ0v) is 59.9. The van der Waals surface area contributed by atoms with Crippen molar-refractivity contribution < 1.29 is 89.4 Å². The fraction of sp³-hybridized carbons (Fsp3) is 0.883. The summed E-state index contributed by atoms with van der Waals surface area (Å²) in [5, 5.41) is 121. The number of hydrogen-bond donors (Lipinski definition) is 12. The van der Waals surface area contributed by atoms with Crippen molar-refractivity contribution in [3.05, 3.63) is 48.6 Å². The standard InChI is InChI=1S/C77H141NO18/c1-3-5-7-9-11-13-15-17-19-21-23-24-25-26-27-28-29-30-31-32-33-34-35-37-38-40-42-44-46-48-50-52-54-61(82)60(78-65(83)55-53-51-49-47-45-43-41-39-36-22-20-18-16-14-12-10-8-6-4-2)59-91-75-71(89)68(86)73(63(57-80)93-75)96-77-72(90)69(87)74(64(58-81)94-77)95-76-70(88)67(85)66(84)62(56-79)92-76/h12,14,18,20,36,39,52,54,60-64,66-77,79-82,84-90H,3-11,13,15-17,19,21-35,37-38,40-51,53,55-59H2,1-2H3,(H,78,83)/b14-12-,20-18-,39-36-,54-52+. The lowest BCUT2D eigenvalue weighted by atomic mass is 9.96. The van der Waals surface area contributed by atoms with Crippen molar-refractivity contribution in [2.75, 3.05) is 26.4 Å². The van der Waals surface area contributed by atoms with E-state index in [1.165, 1.54) is 193 Å². The number of hydrogen-bond acceptors (Lipinski definition) is 18. The third-order valence-corrected chi connectivity index (χ3v) is 19.4. The fourth-order valence-corrected chi connectivity index (χ4v) is 13.1. The van der Waals surface area contributed by atoms with E-state index in [1.807, 2.05) is 6.08 Å². The second kappa shape index (κ2) is 58.3. The van der Waals surface area contributed by atoms with Crippen LogP contribution in [-0.2, 0) is 33.2 Å². The Morgan fingerprint density at radius 3 is 1.09 bits per heavy atom. The van der Waals surface area contributed by atoms with Gasteiger partial charge in [0.2, 0.25) is 5.91 Å². The Hall–Kier alpha value is -2.25. The van der Waals surface area contributed by atoms with Gasteiger partial charge >= 0.3 is 0 Å². The number of aliphatic hydroxyl groups is 11. The van der Waals surface area contributed by atoms with E-state index in [-0.39, 0.29) is 18.9 Å². The highest BCUT2D eigenvalue weighted by atomic mass is 16.8. The summed E-state index contributed by atoms with van der Waals surface area (Å²) in [5.41, 5.74) is 0. The number of allylic oxidation sites excluding steroid dienone is 7. The van der Waals surface area contributed by atoms with Gasteiger partial charge < -0.3 is 89.9 Å². The molecule has 19 heteroatoms. The molecule has 17 atom stereocenters. The number of carbonyl (C=O) groups is 1. The first-order chi connectivity index (χ1) is 46.8. The van der Waals surface area contributed by atoms with Gasteiger partial charge in [-0.2, -0.15) is 0 Å². The highest BCUT2D eigenvalue weighted by molar-refractivity contribution is 5.76. The first kappa shape index (κ1) is 88.0. The summed E-state index contributed by atoms with van der Waals surface area (Å²) in [6, 6.07) is -0.983. The zero-order valence-electron chi connectivity index (χ0n) is 59.9. The van der Waals surface area contributed by atoms with Gasteiger partial charge in [0.1, 0.15) is 73.2 Å². The molecule has 12 N–H and O–H groups in total. The number of rotatable bonds is 61. The molecule has 1 amide bonds. The molecule has 17 unspecified atom stereocenters. The van der Waals surface area contributed by atoms with Crippen molar-refractivity contribution in [2.45, 2.75) is 407 Å². The van der Waals surface area contributed by atoms with Gasteiger partial charge in [0.05, 0.1) is 38.6 Å². The third-order valence-electron chi connectivity index (χ3n) is 19.4. The molecule has 0 radical (unpaired) electrons. The number of ether oxygens (including phenoxy) is 6. The monoisotopic (exact) mass is 1370 g/mol. The molecule has 0 bridgehead atoms. The van der Waals surface area contributed by atoms with Gasteiger partial charge in [-0.25, -0.2) is 0 Å². The van der Waals surface area contributed by atoms with Crippen molar-refractivity contribution in [1.29, 1.82) is 0 Å². The second-order valence-electron chi connectivity index (χ2n) is 27.8. The van der Waals surface area contributed by atoms with Crippen LogP contribution < -0.4 is 5.32 Å². The van der Waals surface area contributed by atoms with Crippen molar-refractivity contribution >= 4 is 5.91 Å². The predicted molar refractivity (Wildman–Crippen MR) is 379 cm³/mol. The largest absolute Gasteiger partial charge is 0.394 e. The lowest BCUT2D eigenvalue weighted by Crippen LogP contribution is -2.66. The van der Waals surface area contributed by atoms with E-state index in [0.29, 0.717) is 6.42 Å². The zero-order chi connectivity index (χ0) is 69.6. The van der Waals surface area contributed by atoms with Crippen LogP contribution in [0.2, 0.25) is 0 Å². The number of unbranched alkanes of at least 4 members (excludes halogenated alkanes) is 39. The maximum absolute atomic E-state index is 13.4. The minimum atomic E-state index is -1.98. The molecule has 19 nitrogen and oxygen atoms in total. The maximum atomic E-state index is 13.4. The van der Waals surface area contributed by atoms with E-state index >= 15 is 0 Å². The molecule has 3 saturated heterocycles. The number of aliphatic hydroxyl groups excluding tert-OH is 11. The van der Waals surface area contributed by atoms with E-state index in [1.54, 1.807) is 6.08 Å². The SMILES string of the molecule is CCCCC/C=C\C/C=C\C/C=C\CCCCCCCCC(=O)NC(COC1OC(CO)C(OC2OC(CO)C(OC3OC(CO)C(O)C(O)C3O)C(O)C2O)C(O)C1O)C(O)/C=C/CCCCCCCCCCCCCCCCCCCCCCCCCCCCCCCC. The van der Waals surface area contributed by atoms with E-state index in [9.17, 15) is 61.0 Å². The summed E-state index contributed by atoms with van der Waals surface area (Å²) in [6.07, 6.45) is 45.3. The van der Waals surface area contributed by atoms with E-state index in [0.717, 1.165) is 83.5 Å². The Bertz CT molecular complexity index is 1930. The van der Waals surface area contributed by atoms with Gasteiger partial charge in [-0.15, -0.1) is 0 Å². The summed E-state index contributed by atoms with van der Waals surface area (Å²) in [5.74, 6) is -0.286. The predicted octanol–water partition coefficient (Wildman–Crippen LogP) is 12.1. The first-order valence-electron chi connectivity index (χ1n) is 38.9. The number of carbonyl (C=O) groups excluding carboxylic acids is 1. The first-order valence-corrected chi connectivity index (χ1v) is 38.9. The average molecular weight is 1370 g/mol. The van der Waals surface area contributed by atoms with E-state index in [4.69, 9.17) is 28.4 Å². The Labute approximate surface area is 580 Å². The molecule has 562 valence electrons. The van der Waals surface area contributed by atoms with Gasteiger partial charge in [-0.3, -0.25) is 4.79 Å². The molecule has 0 aliphatic carbocycles. The number of amides is 1. The van der Waals surface area contributed by atoms with Gasteiger partial charge in [0, 0.05) is 6.42 Å². The highest BCUT2D eigenvalue weighted by Crippen LogP contribution is 2.33. The summed E-state index contributed by atoms with van der Waals surface area (Å²) in [7, 11) is 0. The van der Waals surface area contributed by atoms with Gasteiger partial charge in [-0.05, 0) is 57.8 Å². The van der Waals surface area contributed by atoms with Crippen molar-refractivity contribution in [3.63, 3.8) is 0 Å². The van der Waals surface area contributed by atoms with Crippen LogP contribution in [0.25, 0.3) is 0 Å². The van der Waals surface area contributed by atoms with Crippen molar-refractivity contribution in [1.82, 2.24) is 5.32 Å². The molecule has 3 rings (SSSR count). The number of nitrogens with one attached hydrogen (secondary N) is 1. The molecule has 3 fully saturated rings. The van der Waals surface area contributed by atoms with Crippen LogP contribution in [0.15, 0.2) is 48.6 Å². The minimum Gasteiger partial charge on any atom is -0.394 e.